The Kier molecular flexibility index (Phi) is 7.13. The van der Waals surface area contributed by atoms with Gasteiger partial charge in [0.15, 0.2) is 5.79 Å². The molecule has 1 spiro atoms. The Morgan fingerprint density at radius 3 is 2.41 bits per heavy atom. The molecule has 0 radical (unpaired) electrons. The first-order valence-electron chi connectivity index (χ1n) is 15.7. The molecule has 6 heteroatoms. The Morgan fingerprint density at radius 2 is 1.73 bits per heavy atom. The molecule has 0 amide bonds. The highest BCUT2D eigenvalue weighted by molar-refractivity contribution is 5.87. The standard InChI is InChI=1S/C35H48O6/c1-6-39-29(36)12-9-23-7-10-24(11-8-23)26-19-32(4)27(14-16-33(32,5)37)25-13-17-34(38)20-35(18-15-28(34)30(25)26)40-21-31(2,3)22-41-35/h7-12,25-27,37-38H,6,13-22H2,1-5H3/b12-9+/t25?,26-,27?,32?,33+,34?/m1/s1. The molecule has 5 aliphatic rings. The second-order valence-electron chi connectivity index (χ2n) is 14.8. The van der Waals surface area contributed by atoms with Crippen LogP contribution in [0.25, 0.3) is 6.08 Å². The molecule has 2 N–H and O–H groups in total. The summed E-state index contributed by atoms with van der Waals surface area (Å²) in [6.45, 7) is 12.1. The largest absolute Gasteiger partial charge is 0.463 e. The summed E-state index contributed by atoms with van der Waals surface area (Å²) in [5, 5.41) is 24.0. The zero-order valence-corrected chi connectivity index (χ0v) is 25.5. The number of hydrogen-bond donors (Lipinski definition) is 2. The molecular formula is C35H48O6. The minimum Gasteiger partial charge on any atom is -0.463 e. The second-order valence-corrected chi connectivity index (χ2v) is 14.8. The van der Waals surface area contributed by atoms with Crippen molar-refractivity contribution in [1.82, 2.24) is 0 Å². The maximum Gasteiger partial charge on any atom is 0.330 e. The lowest BCUT2D eigenvalue weighted by Gasteiger charge is -2.58. The number of carbonyl (C=O) groups is 1. The van der Waals surface area contributed by atoms with E-state index in [1.165, 1.54) is 22.8 Å². The highest BCUT2D eigenvalue weighted by atomic mass is 16.7. The molecular weight excluding hydrogens is 516 g/mol. The van der Waals surface area contributed by atoms with Crippen molar-refractivity contribution in [2.75, 3.05) is 19.8 Å². The number of hydrogen-bond acceptors (Lipinski definition) is 6. The van der Waals surface area contributed by atoms with Crippen LogP contribution in [-0.4, -0.2) is 53.0 Å². The lowest BCUT2D eigenvalue weighted by atomic mass is 9.50. The minimum atomic E-state index is -0.930. The normalized spacial score (nSPS) is 39.3. The van der Waals surface area contributed by atoms with Crippen molar-refractivity contribution in [3.05, 3.63) is 52.6 Å². The van der Waals surface area contributed by atoms with Gasteiger partial charge in [-0.15, -0.1) is 0 Å². The van der Waals surface area contributed by atoms with Gasteiger partial charge in [0.25, 0.3) is 0 Å². The maximum atomic E-state index is 12.3. The van der Waals surface area contributed by atoms with Gasteiger partial charge in [-0.1, -0.05) is 50.6 Å². The molecule has 0 bridgehead atoms. The number of carbonyl (C=O) groups excluding carboxylic acids is 1. The fourth-order valence-corrected chi connectivity index (χ4v) is 8.97. The predicted molar refractivity (Wildman–Crippen MR) is 158 cm³/mol. The highest BCUT2D eigenvalue weighted by Crippen LogP contribution is 2.67. The van der Waals surface area contributed by atoms with Gasteiger partial charge in [-0.2, -0.15) is 0 Å². The third-order valence-corrected chi connectivity index (χ3v) is 11.5. The van der Waals surface area contributed by atoms with Gasteiger partial charge in [0.05, 0.1) is 31.0 Å². The van der Waals surface area contributed by atoms with Gasteiger partial charge < -0.3 is 24.4 Å². The van der Waals surface area contributed by atoms with Gasteiger partial charge in [-0.25, -0.2) is 4.79 Å². The second kappa shape index (κ2) is 10.0. The summed E-state index contributed by atoms with van der Waals surface area (Å²) in [5.41, 5.74) is 2.93. The molecule has 41 heavy (non-hydrogen) atoms. The van der Waals surface area contributed by atoms with Gasteiger partial charge in [-0.3, -0.25) is 0 Å². The van der Waals surface area contributed by atoms with E-state index >= 15 is 0 Å². The van der Waals surface area contributed by atoms with Gasteiger partial charge in [0.1, 0.15) is 0 Å². The molecule has 1 heterocycles. The van der Waals surface area contributed by atoms with Crippen LogP contribution in [-0.2, 0) is 19.0 Å². The van der Waals surface area contributed by atoms with Crippen LogP contribution in [0.15, 0.2) is 41.5 Å². The molecule has 1 aromatic rings. The quantitative estimate of drug-likeness (QED) is 0.253. The summed E-state index contributed by atoms with van der Waals surface area (Å²) < 4.78 is 17.8. The van der Waals surface area contributed by atoms with Gasteiger partial charge >= 0.3 is 5.97 Å². The maximum absolute atomic E-state index is 12.3. The van der Waals surface area contributed by atoms with E-state index in [0.29, 0.717) is 44.5 Å². The number of fused-ring (bicyclic) bond motifs is 4. The third kappa shape index (κ3) is 4.93. The van der Waals surface area contributed by atoms with Crippen LogP contribution in [0.1, 0.15) is 103 Å². The van der Waals surface area contributed by atoms with Crippen LogP contribution in [0, 0.1) is 22.7 Å². The Bertz CT molecular complexity index is 1230. The van der Waals surface area contributed by atoms with E-state index in [4.69, 9.17) is 14.2 Å². The van der Waals surface area contributed by atoms with E-state index < -0.39 is 17.0 Å². The molecule has 1 aliphatic heterocycles. The van der Waals surface area contributed by atoms with Crippen LogP contribution in [0.3, 0.4) is 0 Å². The summed E-state index contributed by atoms with van der Waals surface area (Å²) in [5.74, 6) is -0.160. The lowest BCUT2D eigenvalue weighted by molar-refractivity contribution is -0.322. The van der Waals surface area contributed by atoms with Crippen molar-refractivity contribution in [1.29, 1.82) is 0 Å². The number of rotatable bonds is 4. The summed E-state index contributed by atoms with van der Waals surface area (Å²) in [6, 6.07) is 8.45. The van der Waals surface area contributed by atoms with Crippen molar-refractivity contribution >= 4 is 12.0 Å². The van der Waals surface area contributed by atoms with Crippen molar-refractivity contribution in [2.24, 2.45) is 22.7 Å². The van der Waals surface area contributed by atoms with E-state index in [1.54, 1.807) is 13.0 Å². The number of esters is 1. The van der Waals surface area contributed by atoms with E-state index in [9.17, 15) is 15.0 Å². The molecule has 3 saturated carbocycles. The number of benzene rings is 1. The zero-order valence-electron chi connectivity index (χ0n) is 25.5. The molecule has 1 saturated heterocycles. The van der Waals surface area contributed by atoms with Gasteiger partial charge in [0.2, 0.25) is 0 Å². The first kappa shape index (κ1) is 29.1. The predicted octanol–water partition coefficient (Wildman–Crippen LogP) is 6.31. The molecule has 4 aliphatic carbocycles. The number of ether oxygens (including phenoxy) is 3. The van der Waals surface area contributed by atoms with E-state index in [2.05, 4.69) is 45.0 Å². The Balaban J connectivity index is 1.37. The van der Waals surface area contributed by atoms with E-state index in [0.717, 1.165) is 44.1 Å². The topological polar surface area (TPSA) is 85.2 Å². The molecule has 6 atom stereocenters. The summed E-state index contributed by atoms with van der Waals surface area (Å²) in [4.78, 5) is 11.8. The molecule has 6 rings (SSSR count). The smallest absolute Gasteiger partial charge is 0.330 e. The monoisotopic (exact) mass is 564 g/mol. The van der Waals surface area contributed by atoms with Crippen LogP contribution >= 0.6 is 0 Å². The molecule has 4 fully saturated rings. The number of aliphatic hydroxyl groups is 2. The number of allylic oxidation sites excluding steroid dienone is 1. The summed E-state index contributed by atoms with van der Waals surface area (Å²) in [6.07, 6.45) is 9.64. The SMILES string of the molecule is CCOC(=O)/C=C/c1ccc([C@H]2CC3(C)C(CC[C@]3(C)O)C3CCC4(O)CC5(CCC4=C32)OCC(C)(C)CO5)cc1. The third-order valence-electron chi connectivity index (χ3n) is 11.5. The molecule has 6 nitrogen and oxygen atoms in total. The average Bonchev–Trinajstić information content (AvgIpc) is 3.17. The van der Waals surface area contributed by atoms with Crippen molar-refractivity contribution in [3.63, 3.8) is 0 Å². The van der Waals surface area contributed by atoms with E-state index in [1.807, 2.05) is 6.92 Å². The molecule has 224 valence electrons. The Hall–Kier alpha value is -1.99. The van der Waals surface area contributed by atoms with Crippen LogP contribution in [0.4, 0.5) is 0 Å². The minimum absolute atomic E-state index is 0.0136. The first-order chi connectivity index (χ1) is 19.3. The molecule has 0 aromatic heterocycles. The van der Waals surface area contributed by atoms with Crippen molar-refractivity contribution in [3.8, 4) is 0 Å². The lowest BCUT2D eigenvalue weighted by Crippen LogP contribution is -2.58. The van der Waals surface area contributed by atoms with Crippen LogP contribution in [0.2, 0.25) is 0 Å². The van der Waals surface area contributed by atoms with Gasteiger partial charge in [0, 0.05) is 35.7 Å². The average molecular weight is 565 g/mol. The van der Waals surface area contributed by atoms with Crippen LogP contribution < -0.4 is 0 Å². The van der Waals surface area contributed by atoms with Crippen molar-refractivity contribution < 1.29 is 29.2 Å². The fraction of sp³-hybridized carbons (Fsp3) is 0.686. The Morgan fingerprint density at radius 1 is 1.02 bits per heavy atom. The summed E-state index contributed by atoms with van der Waals surface area (Å²) in [7, 11) is 0. The molecule has 1 aromatic carbocycles. The Labute approximate surface area is 245 Å². The highest BCUT2D eigenvalue weighted by Gasteiger charge is 2.63. The first-order valence-corrected chi connectivity index (χ1v) is 15.7. The van der Waals surface area contributed by atoms with Crippen molar-refractivity contribution in [2.45, 2.75) is 109 Å². The van der Waals surface area contributed by atoms with Crippen LogP contribution in [0.5, 0.6) is 0 Å². The fourth-order valence-electron chi connectivity index (χ4n) is 8.97. The van der Waals surface area contributed by atoms with Gasteiger partial charge in [-0.05, 0) is 87.0 Å². The zero-order chi connectivity index (χ0) is 29.3. The summed E-state index contributed by atoms with van der Waals surface area (Å²) >= 11 is 0. The van der Waals surface area contributed by atoms with E-state index in [-0.39, 0.29) is 22.7 Å². The molecule has 4 unspecified atom stereocenters.